The molecule has 1 aromatic heterocycles. The molecule has 0 fully saturated rings. The molecule has 0 aliphatic heterocycles. The Morgan fingerprint density at radius 2 is 1.75 bits per heavy atom. The number of aromatic nitrogens is 2. The minimum absolute atomic E-state index is 0.0658. The highest BCUT2D eigenvalue weighted by molar-refractivity contribution is 8.00. The van der Waals surface area contributed by atoms with Crippen LogP contribution in [0.3, 0.4) is 0 Å². The molecule has 1 amide bonds. The van der Waals surface area contributed by atoms with Crippen LogP contribution in [0.15, 0.2) is 59.6 Å². The maximum atomic E-state index is 13.0. The Morgan fingerprint density at radius 1 is 1.04 bits per heavy atom. The molecule has 3 aromatic rings. The first-order valence-electron chi connectivity index (χ1n) is 8.35. The van der Waals surface area contributed by atoms with E-state index in [1.807, 2.05) is 18.2 Å². The molecule has 0 saturated heterocycles. The zero-order chi connectivity index (χ0) is 20.0. The maximum Gasteiger partial charge on any atom is 0.451 e. The molecule has 3 rings (SSSR count). The van der Waals surface area contributed by atoms with Gasteiger partial charge in [-0.3, -0.25) is 4.79 Å². The Bertz CT molecular complexity index is 952. The molecule has 1 N–H and O–H groups in total. The summed E-state index contributed by atoms with van der Waals surface area (Å²) in [4.78, 5) is 19.2. The van der Waals surface area contributed by atoms with Crippen molar-refractivity contribution in [3.63, 3.8) is 0 Å². The zero-order valence-electron chi connectivity index (χ0n) is 14.6. The summed E-state index contributed by atoms with van der Waals surface area (Å²) in [5, 5.41) is 3.26. The molecule has 0 unspecified atom stereocenters. The van der Waals surface area contributed by atoms with Crippen molar-refractivity contribution in [3.8, 4) is 5.75 Å². The second-order valence-corrected chi connectivity index (χ2v) is 6.63. The maximum absolute atomic E-state index is 13.0. The summed E-state index contributed by atoms with van der Waals surface area (Å²) in [6.07, 6.45) is -4.66. The number of alkyl halides is 3. The molecule has 0 spiro atoms. The Balaban J connectivity index is 1.57. The fraction of sp³-hybridized carbons (Fsp3) is 0.211. The molecule has 0 aliphatic rings. The van der Waals surface area contributed by atoms with Gasteiger partial charge >= 0.3 is 6.18 Å². The number of amides is 1. The van der Waals surface area contributed by atoms with Gasteiger partial charge in [-0.1, -0.05) is 48.2 Å². The lowest BCUT2D eigenvalue weighted by Crippen LogP contribution is -2.29. The average molecular weight is 407 g/mol. The molecule has 2 aromatic carbocycles. The Kier molecular flexibility index (Phi) is 6.35. The van der Waals surface area contributed by atoms with Gasteiger partial charge in [0.1, 0.15) is 17.4 Å². The SMILES string of the molecule is O=C(CSc1nc(C(F)(F)F)nc2ccccc12)NCCOc1ccccc1. The second kappa shape index (κ2) is 8.92. The van der Waals surface area contributed by atoms with Gasteiger partial charge in [0, 0.05) is 5.39 Å². The van der Waals surface area contributed by atoms with Crippen LogP contribution in [-0.4, -0.2) is 34.8 Å². The van der Waals surface area contributed by atoms with E-state index in [1.54, 1.807) is 30.3 Å². The number of rotatable bonds is 7. The first kappa shape index (κ1) is 19.9. The average Bonchev–Trinajstić information content (AvgIpc) is 2.69. The van der Waals surface area contributed by atoms with Crippen molar-refractivity contribution in [2.45, 2.75) is 11.2 Å². The van der Waals surface area contributed by atoms with Gasteiger partial charge in [-0.2, -0.15) is 13.2 Å². The molecule has 146 valence electrons. The quantitative estimate of drug-likeness (QED) is 0.365. The predicted molar refractivity (Wildman–Crippen MR) is 100 cm³/mol. The number of benzene rings is 2. The van der Waals surface area contributed by atoms with Crippen LogP contribution in [0.2, 0.25) is 0 Å². The second-order valence-electron chi connectivity index (χ2n) is 5.67. The van der Waals surface area contributed by atoms with E-state index in [0.29, 0.717) is 11.1 Å². The van der Waals surface area contributed by atoms with E-state index in [0.717, 1.165) is 11.8 Å². The van der Waals surface area contributed by atoms with Crippen molar-refractivity contribution in [2.75, 3.05) is 18.9 Å². The van der Waals surface area contributed by atoms with Crippen LogP contribution in [0.1, 0.15) is 5.82 Å². The summed E-state index contributed by atoms with van der Waals surface area (Å²) in [6, 6.07) is 15.5. The third kappa shape index (κ3) is 5.35. The molecule has 9 heteroatoms. The number of nitrogens with one attached hydrogen (secondary N) is 1. The van der Waals surface area contributed by atoms with Crippen LogP contribution >= 0.6 is 11.8 Å². The molecule has 5 nitrogen and oxygen atoms in total. The van der Waals surface area contributed by atoms with Crippen LogP contribution in [0.4, 0.5) is 13.2 Å². The zero-order valence-corrected chi connectivity index (χ0v) is 15.4. The third-order valence-electron chi connectivity index (χ3n) is 3.60. The number of nitrogens with zero attached hydrogens (tertiary/aromatic N) is 2. The number of ether oxygens (including phenoxy) is 1. The summed E-state index contributed by atoms with van der Waals surface area (Å²) in [7, 11) is 0. The number of halogens is 3. The molecular weight excluding hydrogens is 391 g/mol. The van der Waals surface area contributed by atoms with Gasteiger partial charge in [0.25, 0.3) is 0 Å². The van der Waals surface area contributed by atoms with Gasteiger partial charge in [0.2, 0.25) is 11.7 Å². The van der Waals surface area contributed by atoms with Crippen molar-refractivity contribution in [1.82, 2.24) is 15.3 Å². The number of fused-ring (bicyclic) bond motifs is 1. The minimum atomic E-state index is -4.66. The van der Waals surface area contributed by atoms with E-state index in [9.17, 15) is 18.0 Å². The number of hydrogen-bond acceptors (Lipinski definition) is 5. The van der Waals surface area contributed by atoms with Gasteiger partial charge in [0.05, 0.1) is 17.8 Å². The van der Waals surface area contributed by atoms with E-state index in [1.165, 1.54) is 6.07 Å². The first-order chi connectivity index (χ1) is 13.4. The van der Waals surface area contributed by atoms with Crippen molar-refractivity contribution in [1.29, 1.82) is 0 Å². The standard InChI is InChI=1S/C19H16F3N3O2S/c20-19(21,22)18-24-15-9-5-4-8-14(15)17(25-18)28-12-16(26)23-10-11-27-13-6-2-1-3-7-13/h1-9H,10-12H2,(H,23,26). The smallest absolute Gasteiger partial charge is 0.451 e. The van der Waals surface area contributed by atoms with Crippen molar-refractivity contribution in [3.05, 3.63) is 60.4 Å². The van der Waals surface area contributed by atoms with Gasteiger partial charge in [-0.25, -0.2) is 9.97 Å². The fourth-order valence-corrected chi connectivity index (χ4v) is 3.19. The largest absolute Gasteiger partial charge is 0.492 e. The first-order valence-corrected chi connectivity index (χ1v) is 9.33. The van der Waals surface area contributed by atoms with Crippen LogP contribution in [0, 0.1) is 0 Å². The number of carbonyl (C=O) groups excluding carboxylic acids is 1. The number of carbonyl (C=O) groups is 1. The fourth-order valence-electron chi connectivity index (χ4n) is 2.35. The molecule has 0 radical (unpaired) electrons. The van der Waals surface area contributed by atoms with Crippen molar-refractivity contribution >= 4 is 28.6 Å². The van der Waals surface area contributed by atoms with Crippen molar-refractivity contribution in [2.24, 2.45) is 0 Å². The van der Waals surface area contributed by atoms with Gasteiger partial charge in [-0.15, -0.1) is 0 Å². The van der Waals surface area contributed by atoms with Crippen molar-refractivity contribution < 1.29 is 22.7 Å². The lowest BCUT2D eigenvalue weighted by molar-refractivity contribution is -0.145. The topological polar surface area (TPSA) is 64.1 Å². The predicted octanol–water partition coefficient (Wildman–Crippen LogP) is 3.94. The van der Waals surface area contributed by atoms with Crippen LogP contribution < -0.4 is 10.1 Å². The monoisotopic (exact) mass is 407 g/mol. The summed E-state index contributed by atoms with van der Waals surface area (Å²) >= 11 is 0.939. The van der Waals surface area contributed by atoms with Crippen LogP contribution in [0.5, 0.6) is 5.75 Å². The number of hydrogen-bond donors (Lipinski definition) is 1. The number of para-hydroxylation sites is 2. The summed E-state index contributed by atoms with van der Waals surface area (Å²) in [5.41, 5.74) is 0.184. The van der Waals surface area contributed by atoms with Crippen LogP contribution in [0.25, 0.3) is 10.9 Å². The summed E-state index contributed by atoms with van der Waals surface area (Å²) in [5.74, 6) is -0.912. The third-order valence-corrected chi connectivity index (χ3v) is 4.59. The lowest BCUT2D eigenvalue weighted by atomic mass is 10.2. The highest BCUT2D eigenvalue weighted by Gasteiger charge is 2.35. The highest BCUT2D eigenvalue weighted by atomic mass is 32.2. The van der Waals surface area contributed by atoms with E-state index in [2.05, 4.69) is 15.3 Å². The molecule has 0 saturated carbocycles. The van der Waals surface area contributed by atoms with E-state index in [-0.39, 0.29) is 35.4 Å². The molecule has 28 heavy (non-hydrogen) atoms. The van der Waals surface area contributed by atoms with Gasteiger partial charge in [-0.05, 0) is 18.2 Å². The number of thioether (sulfide) groups is 1. The summed E-state index contributed by atoms with van der Waals surface area (Å²) < 4.78 is 44.5. The van der Waals surface area contributed by atoms with E-state index >= 15 is 0 Å². The Hall–Kier alpha value is -2.81. The molecule has 1 heterocycles. The summed E-state index contributed by atoms with van der Waals surface area (Å²) in [6.45, 7) is 0.571. The lowest BCUT2D eigenvalue weighted by Gasteiger charge is -2.10. The minimum Gasteiger partial charge on any atom is -0.492 e. The van der Waals surface area contributed by atoms with Gasteiger partial charge in [0.15, 0.2) is 0 Å². The highest BCUT2D eigenvalue weighted by Crippen LogP contribution is 2.31. The van der Waals surface area contributed by atoms with E-state index in [4.69, 9.17) is 4.74 Å². The van der Waals surface area contributed by atoms with Crippen LogP contribution in [-0.2, 0) is 11.0 Å². The molecular formula is C19H16F3N3O2S. The molecule has 0 aliphatic carbocycles. The van der Waals surface area contributed by atoms with E-state index < -0.39 is 12.0 Å². The Morgan fingerprint density at radius 3 is 2.50 bits per heavy atom. The Labute approximate surface area is 163 Å². The molecule has 0 bridgehead atoms. The molecule has 0 atom stereocenters. The normalized spacial score (nSPS) is 11.4. The van der Waals surface area contributed by atoms with Gasteiger partial charge < -0.3 is 10.1 Å².